The molecule has 3 heteroatoms. The maximum Gasteiger partial charge on any atom is 0.251 e. The lowest BCUT2D eigenvalue weighted by molar-refractivity contribution is 0.590. The standard InChI is InChI=1S/C16H20N2O/c1-10-8-12(16(3,4)5)6-7-13(10)14-9-15(19)18-11(2)17-14/h6-9H,1-5H3,(H,17,18,19). The number of aromatic amines is 1. The van der Waals surface area contributed by atoms with Gasteiger partial charge in [0, 0.05) is 11.6 Å². The van der Waals surface area contributed by atoms with Gasteiger partial charge in [-0.2, -0.15) is 0 Å². The van der Waals surface area contributed by atoms with Gasteiger partial charge in [0.15, 0.2) is 0 Å². The molecule has 0 aliphatic rings. The summed E-state index contributed by atoms with van der Waals surface area (Å²) in [6.07, 6.45) is 0. The van der Waals surface area contributed by atoms with Gasteiger partial charge < -0.3 is 4.98 Å². The van der Waals surface area contributed by atoms with Gasteiger partial charge in [-0.15, -0.1) is 0 Å². The summed E-state index contributed by atoms with van der Waals surface area (Å²) in [7, 11) is 0. The molecule has 1 heterocycles. The van der Waals surface area contributed by atoms with Crippen molar-refractivity contribution in [2.45, 2.75) is 40.0 Å². The molecule has 0 radical (unpaired) electrons. The van der Waals surface area contributed by atoms with Crippen molar-refractivity contribution >= 4 is 0 Å². The quantitative estimate of drug-likeness (QED) is 0.850. The van der Waals surface area contributed by atoms with Gasteiger partial charge in [-0.25, -0.2) is 4.98 Å². The highest BCUT2D eigenvalue weighted by Gasteiger charge is 2.15. The number of aryl methyl sites for hydroxylation is 2. The Kier molecular flexibility index (Phi) is 3.31. The van der Waals surface area contributed by atoms with Crippen LogP contribution in [0.1, 0.15) is 37.7 Å². The topological polar surface area (TPSA) is 45.8 Å². The first kappa shape index (κ1) is 13.5. The summed E-state index contributed by atoms with van der Waals surface area (Å²) in [5, 5.41) is 0. The summed E-state index contributed by atoms with van der Waals surface area (Å²) in [4.78, 5) is 18.6. The molecule has 1 aromatic heterocycles. The third-order valence-corrected chi connectivity index (χ3v) is 3.23. The maximum atomic E-state index is 11.5. The molecule has 0 aliphatic carbocycles. The molecule has 1 aromatic carbocycles. The van der Waals surface area contributed by atoms with E-state index in [4.69, 9.17) is 0 Å². The van der Waals surface area contributed by atoms with Crippen LogP contribution < -0.4 is 5.56 Å². The summed E-state index contributed by atoms with van der Waals surface area (Å²) in [5.74, 6) is 0.641. The molecule has 0 saturated carbocycles. The lowest BCUT2D eigenvalue weighted by Gasteiger charge is -2.20. The van der Waals surface area contributed by atoms with Crippen molar-refractivity contribution in [2.75, 3.05) is 0 Å². The minimum Gasteiger partial charge on any atom is -0.311 e. The van der Waals surface area contributed by atoms with E-state index < -0.39 is 0 Å². The summed E-state index contributed by atoms with van der Waals surface area (Å²) < 4.78 is 0. The van der Waals surface area contributed by atoms with Crippen LogP contribution in [0.4, 0.5) is 0 Å². The molecule has 0 fully saturated rings. The van der Waals surface area contributed by atoms with Crippen molar-refractivity contribution in [3.8, 4) is 11.3 Å². The van der Waals surface area contributed by atoms with Crippen molar-refractivity contribution in [3.63, 3.8) is 0 Å². The summed E-state index contributed by atoms with van der Waals surface area (Å²) in [5.41, 5.74) is 4.20. The number of H-pyrrole nitrogens is 1. The molecular formula is C16H20N2O. The molecule has 0 aliphatic heterocycles. The normalized spacial score (nSPS) is 11.6. The van der Waals surface area contributed by atoms with Crippen molar-refractivity contribution < 1.29 is 0 Å². The van der Waals surface area contributed by atoms with Crippen LogP contribution >= 0.6 is 0 Å². The second-order valence-corrected chi connectivity index (χ2v) is 6.00. The number of rotatable bonds is 1. The first-order chi connectivity index (χ1) is 8.77. The highest BCUT2D eigenvalue weighted by atomic mass is 16.1. The van der Waals surface area contributed by atoms with E-state index in [0.29, 0.717) is 5.82 Å². The van der Waals surface area contributed by atoms with Gasteiger partial charge in [-0.1, -0.05) is 39.0 Å². The van der Waals surface area contributed by atoms with Gasteiger partial charge >= 0.3 is 0 Å². The minimum absolute atomic E-state index is 0.109. The molecule has 0 amide bonds. The largest absolute Gasteiger partial charge is 0.311 e. The molecule has 1 N–H and O–H groups in total. The SMILES string of the molecule is Cc1nc(-c2ccc(C(C)(C)C)cc2C)cc(=O)[nH]1. The highest BCUT2D eigenvalue weighted by molar-refractivity contribution is 5.64. The average Bonchev–Trinajstić information content (AvgIpc) is 2.26. The Bertz CT molecular complexity index is 663. The van der Waals surface area contributed by atoms with E-state index in [9.17, 15) is 4.79 Å². The lowest BCUT2D eigenvalue weighted by Crippen LogP contribution is -2.12. The molecule has 0 bridgehead atoms. The second kappa shape index (κ2) is 4.65. The third kappa shape index (κ3) is 2.92. The zero-order chi connectivity index (χ0) is 14.2. The van der Waals surface area contributed by atoms with Gasteiger partial charge in [0.2, 0.25) is 0 Å². The molecule has 2 aromatic rings. The van der Waals surface area contributed by atoms with Gasteiger partial charge in [-0.3, -0.25) is 4.79 Å². The van der Waals surface area contributed by atoms with Crippen LogP contribution in [0.25, 0.3) is 11.3 Å². The van der Waals surface area contributed by atoms with Gasteiger partial charge in [0.05, 0.1) is 5.69 Å². The van der Waals surface area contributed by atoms with E-state index in [-0.39, 0.29) is 11.0 Å². The average molecular weight is 256 g/mol. The molecule has 0 saturated heterocycles. The fourth-order valence-electron chi connectivity index (χ4n) is 2.14. The predicted molar refractivity (Wildman–Crippen MR) is 78.5 cm³/mol. The second-order valence-electron chi connectivity index (χ2n) is 6.00. The van der Waals surface area contributed by atoms with Crippen LogP contribution in [0.15, 0.2) is 29.1 Å². The first-order valence-electron chi connectivity index (χ1n) is 6.47. The van der Waals surface area contributed by atoms with E-state index in [0.717, 1.165) is 16.8 Å². The lowest BCUT2D eigenvalue weighted by atomic mass is 9.85. The Hall–Kier alpha value is -1.90. The van der Waals surface area contributed by atoms with Crippen molar-refractivity contribution in [2.24, 2.45) is 0 Å². The maximum absolute atomic E-state index is 11.5. The van der Waals surface area contributed by atoms with E-state index in [1.165, 1.54) is 5.56 Å². The number of hydrogen-bond acceptors (Lipinski definition) is 2. The number of benzene rings is 1. The smallest absolute Gasteiger partial charge is 0.251 e. The summed E-state index contributed by atoms with van der Waals surface area (Å²) >= 11 is 0. The van der Waals surface area contributed by atoms with Crippen LogP contribution in [0.5, 0.6) is 0 Å². The van der Waals surface area contributed by atoms with E-state index >= 15 is 0 Å². The fraction of sp³-hybridized carbons (Fsp3) is 0.375. The number of aromatic nitrogens is 2. The van der Waals surface area contributed by atoms with Crippen LogP contribution in [0.3, 0.4) is 0 Å². The zero-order valence-corrected chi connectivity index (χ0v) is 12.2. The summed E-state index contributed by atoms with van der Waals surface area (Å²) in [6.45, 7) is 10.4. The third-order valence-electron chi connectivity index (χ3n) is 3.23. The van der Waals surface area contributed by atoms with Gasteiger partial charge in [0.25, 0.3) is 5.56 Å². The van der Waals surface area contributed by atoms with Crippen LogP contribution in [0, 0.1) is 13.8 Å². The Labute approximate surface area is 113 Å². The van der Waals surface area contributed by atoms with Crippen molar-refractivity contribution in [1.29, 1.82) is 0 Å². The predicted octanol–water partition coefficient (Wildman–Crippen LogP) is 3.35. The van der Waals surface area contributed by atoms with Gasteiger partial charge in [-0.05, 0) is 30.4 Å². The van der Waals surface area contributed by atoms with Crippen LogP contribution in [-0.4, -0.2) is 9.97 Å². The molecule has 0 spiro atoms. The zero-order valence-electron chi connectivity index (χ0n) is 12.2. The monoisotopic (exact) mass is 256 g/mol. The van der Waals surface area contributed by atoms with Crippen LogP contribution in [-0.2, 0) is 5.41 Å². The van der Waals surface area contributed by atoms with E-state index in [1.807, 2.05) is 0 Å². The molecule has 0 atom stereocenters. The Balaban J connectivity index is 2.55. The molecule has 2 rings (SSSR count). The van der Waals surface area contributed by atoms with E-state index in [1.54, 1.807) is 13.0 Å². The number of hydrogen-bond donors (Lipinski definition) is 1. The Morgan fingerprint density at radius 2 is 1.79 bits per heavy atom. The molecule has 100 valence electrons. The van der Waals surface area contributed by atoms with Crippen molar-refractivity contribution in [3.05, 3.63) is 51.6 Å². The van der Waals surface area contributed by atoms with Crippen molar-refractivity contribution in [1.82, 2.24) is 9.97 Å². The Morgan fingerprint density at radius 3 is 2.32 bits per heavy atom. The molecule has 3 nitrogen and oxygen atoms in total. The molecule has 19 heavy (non-hydrogen) atoms. The highest BCUT2D eigenvalue weighted by Crippen LogP contribution is 2.28. The number of nitrogens with zero attached hydrogens (tertiary/aromatic N) is 1. The van der Waals surface area contributed by atoms with Crippen LogP contribution in [0.2, 0.25) is 0 Å². The number of nitrogens with one attached hydrogen (secondary N) is 1. The van der Waals surface area contributed by atoms with Gasteiger partial charge in [0.1, 0.15) is 5.82 Å². The Morgan fingerprint density at radius 1 is 1.11 bits per heavy atom. The molecule has 0 unspecified atom stereocenters. The van der Waals surface area contributed by atoms with E-state index in [2.05, 4.69) is 55.9 Å². The molecular weight excluding hydrogens is 236 g/mol. The fourth-order valence-corrected chi connectivity index (χ4v) is 2.14. The summed E-state index contributed by atoms with van der Waals surface area (Å²) in [6, 6.07) is 7.89. The first-order valence-corrected chi connectivity index (χ1v) is 6.47. The minimum atomic E-state index is -0.109.